The predicted octanol–water partition coefficient (Wildman–Crippen LogP) is 6.93. The Bertz CT molecular complexity index is 2770. The maximum atomic E-state index is 13.2. The molecule has 0 aliphatic carbocycles. The molecular formula is C74H134N3O30P3S3. The number of hydrogen-bond donors (Lipinski definition) is 4. The smallest absolute Gasteiger partial charge is 0.324 e. The Balaban J connectivity index is 0.816. The first kappa shape index (κ1) is 103. The van der Waals surface area contributed by atoms with Crippen LogP contribution in [-0.4, -0.2) is 338 Å². The number of nitrogens with one attached hydrogen (secondary N) is 1. The molecule has 0 spiro atoms. The number of likely N-dealkylation sites (tertiary alicyclic amines) is 1. The second-order valence-electron chi connectivity index (χ2n) is 27.2. The second-order valence-corrected chi connectivity index (χ2v) is 35.9. The summed E-state index contributed by atoms with van der Waals surface area (Å²) in [5.41, 5.74) is 1.27. The van der Waals surface area contributed by atoms with E-state index in [0.717, 1.165) is 87.6 Å². The Hall–Kier alpha value is -1.95. The fourth-order valence-electron chi connectivity index (χ4n) is 12.2. The molecule has 658 valence electrons. The number of fused-ring (bicyclic) bond motifs is 2. The summed E-state index contributed by atoms with van der Waals surface area (Å²) in [6, 6.07) is 6.75. The van der Waals surface area contributed by atoms with Crippen molar-refractivity contribution in [1.82, 2.24) is 15.1 Å². The summed E-state index contributed by atoms with van der Waals surface area (Å²) < 4.78 is 126. The highest BCUT2D eigenvalue weighted by atomic mass is 32.5. The molecule has 33 nitrogen and oxygen atoms in total. The summed E-state index contributed by atoms with van der Waals surface area (Å²) in [6.45, 7) is 4.63. The lowest BCUT2D eigenvalue weighted by Gasteiger charge is -2.48. The first-order valence-corrected chi connectivity index (χ1v) is 47.5. The lowest BCUT2D eigenvalue weighted by Crippen LogP contribution is -2.54. The van der Waals surface area contributed by atoms with E-state index in [4.69, 9.17) is 139 Å². The molecule has 5 atom stereocenters. The molecule has 5 unspecified atom stereocenters. The van der Waals surface area contributed by atoms with Crippen molar-refractivity contribution >= 4 is 79.1 Å². The van der Waals surface area contributed by atoms with Crippen molar-refractivity contribution < 1.29 is 142 Å². The molecule has 3 aliphatic rings. The van der Waals surface area contributed by atoms with Crippen molar-refractivity contribution in [1.29, 1.82) is 0 Å². The lowest BCUT2D eigenvalue weighted by atomic mass is 9.80. The van der Waals surface area contributed by atoms with Crippen LogP contribution >= 0.6 is 20.2 Å². The van der Waals surface area contributed by atoms with Gasteiger partial charge in [-0.05, 0) is 124 Å². The van der Waals surface area contributed by atoms with Crippen LogP contribution < -0.4 is 10.1 Å². The van der Waals surface area contributed by atoms with Crippen molar-refractivity contribution in [3.8, 4) is 5.75 Å². The molecule has 1 aromatic rings. The molecule has 0 radical (unpaired) electrons. The number of piperidine rings is 3. The number of hydrogen-bond acceptors (Lipinski definition) is 31. The SMILES string of the molecule is COc1ccc(C)c(CC(=O)OC2CC3CCCC(C2)N3CCCCCCNC(=O)COCCOCCOCCOCCOCCOCCOCCOCCOCCOCC(=O)CCCCCCC(=O)N2CCC(COP(O)(=S)OC)(COP(O)(=S)OCCOCCOCCOCCOCCOCCOP(O)(=S)OC)CC2)c1. The number of Topliss-reactive ketones (excluding diaryl/α,β-unsaturated/α-hetero) is 1. The van der Waals surface area contributed by atoms with Gasteiger partial charge in [-0.2, -0.15) is 0 Å². The molecule has 1 aromatic carbocycles. The van der Waals surface area contributed by atoms with Crippen LogP contribution in [0.25, 0.3) is 0 Å². The van der Waals surface area contributed by atoms with Gasteiger partial charge in [0.1, 0.15) is 25.1 Å². The minimum absolute atomic E-state index is 0.00510. The summed E-state index contributed by atoms with van der Waals surface area (Å²) in [4.78, 5) is 86.0. The minimum Gasteiger partial charge on any atom is -0.497 e. The molecule has 2 amide bonds. The van der Waals surface area contributed by atoms with Gasteiger partial charge < -0.3 is 133 Å². The normalized spacial score (nSPS) is 18.0. The number of nitrogens with zero attached hydrogens (tertiary/aromatic N) is 2. The van der Waals surface area contributed by atoms with Crippen molar-refractivity contribution in [2.75, 3.05) is 272 Å². The molecule has 4 rings (SSSR count). The van der Waals surface area contributed by atoms with E-state index in [0.29, 0.717) is 235 Å². The van der Waals surface area contributed by atoms with E-state index in [-0.39, 0.29) is 95.6 Å². The number of carbonyl (C=O) groups is 4. The zero-order valence-corrected chi connectivity index (χ0v) is 72.5. The zero-order valence-electron chi connectivity index (χ0n) is 67.4. The van der Waals surface area contributed by atoms with Gasteiger partial charge in [0.15, 0.2) is 5.78 Å². The number of ether oxygens (including phenoxy) is 17. The highest BCUT2D eigenvalue weighted by Gasteiger charge is 2.41. The third-order valence-electron chi connectivity index (χ3n) is 18.5. The van der Waals surface area contributed by atoms with Crippen LogP contribution in [0.1, 0.15) is 120 Å². The number of rotatable bonds is 77. The summed E-state index contributed by atoms with van der Waals surface area (Å²) in [6.07, 6.45) is 14.4. The first-order valence-electron chi connectivity index (χ1n) is 39.8. The Morgan fingerprint density at radius 2 is 0.867 bits per heavy atom. The molecule has 3 fully saturated rings. The zero-order chi connectivity index (χ0) is 81.6. The van der Waals surface area contributed by atoms with E-state index in [9.17, 15) is 33.9 Å². The van der Waals surface area contributed by atoms with Crippen molar-refractivity contribution in [3.63, 3.8) is 0 Å². The first-order chi connectivity index (χ1) is 54.8. The Labute approximate surface area is 685 Å². The molecule has 3 heterocycles. The van der Waals surface area contributed by atoms with Gasteiger partial charge in [-0.1, -0.05) is 38.2 Å². The standard InChI is InChI=1S/C74H134N3O30P3S3/c1-64-18-19-69(85-2)56-65(64)57-73(81)107-70-58-66-14-13-15-67(59-70)77(66)23-12-8-7-11-22-75-71(79)61-102-51-49-98-43-41-94-35-33-91-31-29-89-27-26-88-28-30-90-32-34-93-40-42-97-48-50-101-60-68(78)16-9-5-6-10-17-72(80)76-24-20-74(21-25-76,62-105-109(83,112)87-4)63-106-110(84,113)104-55-53-100-47-45-96-39-37-92-36-38-95-44-46-99-52-54-103-108(82,111)86-3/h18-19,56,66-67,70H,5-17,20-55,57-63H2,1-4H3,(H,75,79)(H,82,111)(H,83,112)(H,84,113). The molecule has 0 saturated carbocycles. The fraction of sp³-hybridized carbons (Fsp3) is 0.865. The predicted molar refractivity (Wildman–Crippen MR) is 431 cm³/mol. The van der Waals surface area contributed by atoms with Crippen LogP contribution in [0, 0.1) is 12.3 Å². The highest BCUT2D eigenvalue weighted by molar-refractivity contribution is 8.07. The van der Waals surface area contributed by atoms with E-state index in [1.807, 2.05) is 25.1 Å². The molecule has 4 N–H and O–H groups in total. The van der Waals surface area contributed by atoms with E-state index in [1.54, 1.807) is 12.0 Å². The van der Waals surface area contributed by atoms with Crippen LogP contribution in [0.3, 0.4) is 0 Å². The van der Waals surface area contributed by atoms with E-state index in [2.05, 4.69) is 14.7 Å². The maximum Gasteiger partial charge on any atom is 0.324 e. The maximum absolute atomic E-state index is 13.2. The molecule has 0 aromatic heterocycles. The van der Waals surface area contributed by atoms with Gasteiger partial charge in [0.05, 0.1) is 225 Å². The number of ketones is 1. The average molecular weight is 1730 g/mol. The third kappa shape index (κ3) is 53.4. The van der Waals surface area contributed by atoms with Gasteiger partial charge >= 0.3 is 26.1 Å². The largest absolute Gasteiger partial charge is 0.497 e. The number of unbranched alkanes of at least 4 members (excludes halogenated alkanes) is 6. The number of esters is 1. The van der Waals surface area contributed by atoms with E-state index < -0.39 is 25.6 Å². The molecule has 3 aliphatic heterocycles. The van der Waals surface area contributed by atoms with Crippen LogP contribution in [-0.2, 0) is 164 Å². The Kier molecular flexibility index (Phi) is 60.2. The van der Waals surface area contributed by atoms with Crippen LogP contribution in [0.2, 0.25) is 0 Å². The molecular weight excluding hydrogens is 1600 g/mol. The van der Waals surface area contributed by atoms with Gasteiger partial charge in [0.25, 0.3) is 0 Å². The van der Waals surface area contributed by atoms with Crippen molar-refractivity contribution in [2.24, 2.45) is 5.41 Å². The van der Waals surface area contributed by atoms with Gasteiger partial charge in [0.2, 0.25) is 11.8 Å². The molecule has 2 bridgehead atoms. The van der Waals surface area contributed by atoms with Crippen LogP contribution in [0.4, 0.5) is 0 Å². The average Bonchev–Trinajstić information content (AvgIpc) is 0.798. The second kappa shape index (κ2) is 65.8. The summed E-state index contributed by atoms with van der Waals surface area (Å²) in [5.74, 6) is 0.488. The van der Waals surface area contributed by atoms with Crippen LogP contribution in [0.5, 0.6) is 5.75 Å². The number of benzene rings is 1. The van der Waals surface area contributed by atoms with E-state index in [1.165, 1.54) is 20.6 Å². The number of aryl methyl sites for hydroxylation is 1. The topological polar surface area (TPSA) is 360 Å². The monoisotopic (exact) mass is 1730 g/mol. The number of methoxy groups -OCH3 is 1. The summed E-state index contributed by atoms with van der Waals surface area (Å²) in [5, 5.41) is 2.95. The quantitative estimate of drug-likeness (QED) is 0.0292. The van der Waals surface area contributed by atoms with Crippen molar-refractivity contribution in [3.05, 3.63) is 29.3 Å². The van der Waals surface area contributed by atoms with Gasteiger partial charge in [-0.15, -0.1) is 0 Å². The highest BCUT2D eigenvalue weighted by Crippen LogP contribution is 2.50. The molecule has 39 heteroatoms. The Morgan fingerprint density at radius 1 is 0.478 bits per heavy atom. The number of amides is 2. The molecule has 3 saturated heterocycles. The summed E-state index contributed by atoms with van der Waals surface area (Å²) in [7, 11) is 4.18. The minimum atomic E-state index is -3.70. The van der Waals surface area contributed by atoms with Gasteiger partial charge in [-0.25, -0.2) is 0 Å². The Morgan fingerprint density at radius 3 is 1.32 bits per heavy atom. The summed E-state index contributed by atoms with van der Waals surface area (Å²) >= 11 is 15.1. The van der Waals surface area contributed by atoms with Crippen molar-refractivity contribution in [2.45, 2.75) is 141 Å². The molecule has 113 heavy (non-hydrogen) atoms. The fourth-order valence-corrected chi connectivity index (χ4v) is 14.8. The van der Waals surface area contributed by atoms with Crippen LogP contribution in [0.15, 0.2) is 18.2 Å². The van der Waals surface area contributed by atoms with Gasteiger partial charge in [0, 0.05) is 77.0 Å². The van der Waals surface area contributed by atoms with E-state index >= 15 is 0 Å². The third-order valence-corrected chi connectivity index (χ3v) is 23.5. The number of carbonyl (C=O) groups excluding carboxylic acids is 4. The lowest BCUT2D eigenvalue weighted by molar-refractivity contribution is -0.154. The van der Waals surface area contributed by atoms with Gasteiger partial charge in [-0.3, -0.25) is 24.1 Å².